The number of rotatable bonds is 9. The molecule has 1 aromatic carbocycles. The summed E-state index contributed by atoms with van der Waals surface area (Å²) in [4.78, 5) is 34.5. The van der Waals surface area contributed by atoms with Crippen LogP contribution in [0.2, 0.25) is 0 Å². The fourth-order valence-electron chi connectivity index (χ4n) is 3.67. The lowest BCUT2D eigenvalue weighted by molar-refractivity contribution is 0.378. The predicted octanol–water partition coefficient (Wildman–Crippen LogP) is 3.24. The number of hydrogen-bond acceptors (Lipinski definition) is 6. The van der Waals surface area contributed by atoms with Crippen molar-refractivity contribution in [3.63, 3.8) is 0 Å². The van der Waals surface area contributed by atoms with Crippen molar-refractivity contribution < 1.29 is 4.52 Å². The van der Waals surface area contributed by atoms with Gasteiger partial charge in [-0.15, -0.1) is 0 Å². The quantitative estimate of drug-likeness (QED) is 0.508. The summed E-state index contributed by atoms with van der Waals surface area (Å²) in [5.41, 5.74) is 0.927. The van der Waals surface area contributed by atoms with Crippen LogP contribution in [0.25, 0.3) is 0 Å². The molecule has 1 aliphatic rings. The molecular formula is C22H24ClN5O3. The minimum absolute atomic E-state index is 0.274. The normalized spacial score (nSPS) is 12.8. The van der Waals surface area contributed by atoms with Gasteiger partial charge in [-0.3, -0.25) is 13.9 Å². The van der Waals surface area contributed by atoms with Crippen molar-refractivity contribution in [1.82, 2.24) is 19.3 Å². The van der Waals surface area contributed by atoms with Crippen LogP contribution < -0.4 is 11.2 Å². The maximum atomic E-state index is 13.0. The fourth-order valence-corrected chi connectivity index (χ4v) is 3.89. The van der Waals surface area contributed by atoms with E-state index in [0.29, 0.717) is 54.1 Å². The molecule has 0 amide bonds. The fraction of sp³-hybridized carbons (Fsp3) is 0.409. The summed E-state index contributed by atoms with van der Waals surface area (Å²) in [7, 11) is 0. The first-order chi connectivity index (χ1) is 15.1. The average Bonchev–Trinajstić information content (AvgIpc) is 3.37. The largest absolute Gasteiger partial charge is 0.339 e. The first kappa shape index (κ1) is 21.2. The lowest BCUT2D eigenvalue weighted by Gasteiger charge is -2.13. The number of unbranched alkanes of at least 4 members (excludes halogenated alkanes) is 1. The SMILES string of the molecule is CCCCn1c2c(c(=O)n(CCCc3noc(Cc4ccccc4)n3)c1=O)CC(Cl)=N2. The number of nitrogens with zero attached hydrogens (tertiary/aromatic N) is 5. The van der Waals surface area contributed by atoms with E-state index >= 15 is 0 Å². The second kappa shape index (κ2) is 9.43. The molecule has 9 heteroatoms. The van der Waals surface area contributed by atoms with Crippen LogP contribution in [-0.2, 0) is 32.4 Å². The van der Waals surface area contributed by atoms with E-state index in [1.807, 2.05) is 30.3 Å². The molecule has 0 bridgehead atoms. The van der Waals surface area contributed by atoms with Crippen molar-refractivity contribution in [3.05, 3.63) is 74.0 Å². The van der Waals surface area contributed by atoms with Gasteiger partial charge in [0, 0.05) is 25.9 Å². The zero-order valence-electron chi connectivity index (χ0n) is 17.4. The maximum absolute atomic E-state index is 13.0. The van der Waals surface area contributed by atoms with Crippen LogP contribution in [0.3, 0.4) is 0 Å². The number of aliphatic imine (C=N–C) groups is 1. The lowest BCUT2D eigenvalue weighted by Crippen LogP contribution is -2.41. The molecule has 0 fully saturated rings. The molecular weight excluding hydrogens is 418 g/mol. The van der Waals surface area contributed by atoms with E-state index in [-0.39, 0.29) is 24.2 Å². The monoisotopic (exact) mass is 441 g/mol. The summed E-state index contributed by atoms with van der Waals surface area (Å²) in [6.07, 6.45) is 3.65. The Labute approximate surface area is 184 Å². The highest BCUT2D eigenvalue weighted by Crippen LogP contribution is 2.24. The first-order valence-electron chi connectivity index (χ1n) is 10.5. The molecule has 0 aliphatic carbocycles. The van der Waals surface area contributed by atoms with Crippen molar-refractivity contribution in [2.75, 3.05) is 0 Å². The Bertz CT molecular complexity index is 1210. The minimum atomic E-state index is -0.342. The number of halogens is 1. The van der Waals surface area contributed by atoms with E-state index in [1.165, 1.54) is 4.57 Å². The third-order valence-corrected chi connectivity index (χ3v) is 5.48. The predicted molar refractivity (Wildman–Crippen MR) is 118 cm³/mol. The molecule has 0 unspecified atom stereocenters. The van der Waals surface area contributed by atoms with Gasteiger partial charge in [0.05, 0.1) is 12.0 Å². The van der Waals surface area contributed by atoms with Crippen LogP contribution in [0.4, 0.5) is 5.82 Å². The number of fused-ring (bicyclic) bond motifs is 1. The van der Waals surface area contributed by atoms with Gasteiger partial charge in [0.1, 0.15) is 11.0 Å². The molecule has 0 radical (unpaired) electrons. The number of benzene rings is 1. The summed E-state index contributed by atoms with van der Waals surface area (Å²) < 4.78 is 8.18. The zero-order chi connectivity index (χ0) is 21.8. The lowest BCUT2D eigenvalue weighted by atomic mass is 10.1. The summed E-state index contributed by atoms with van der Waals surface area (Å²) >= 11 is 6.06. The van der Waals surface area contributed by atoms with Crippen LogP contribution in [0.5, 0.6) is 0 Å². The number of aryl methyl sites for hydroxylation is 1. The molecule has 3 aromatic rings. The molecule has 0 N–H and O–H groups in total. The van der Waals surface area contributed by atoms with E-state index in [2.05, 4.69) is 22.1 Å². The molecule has 0 saturated carbocycles. The summed E-state index contributed by atoms with van der Waals surface area (Å²) in [5, 5.41) is 4.36. The van der Waals surface area contributed by atoms with Crippen LogP contribution in [0, 0.1) is 0 Å². The summed E-state index contributed by atoms with van der Waals surface area (Å²) in [5.74, 6) is 1.52. The highest BCUT2D eigenvalue weighted by molar-refractivity contribution is 6.66. The van der Waals surface area contributed by atoms with Gasteiger partial charge in [0.25, 0.3) is 5.56 Å². The number of hydrogen-bond donors (Lipinski definition) is 0. The molecule has 2 aromatic heterocycles. The van der Waals surface area contributed by atoms with Gasteiger partial charge >= 0.3 is 5.69 Å². The van der Waals surface area contributed by atoms with E-state index in [4.69, 9.17) is 16.1 Å². The van der Waals surface area contributed by atoms with E-state index in [1.54, 1.807) is 4.57 Å². The third-order valence-electron chi connectivity index (χ3n) is 5.27. The molecule has 1 aliphatic heterocycles. The topological polar surface area (TPSA) is 95.3 Å². The third kappa shape index (κ3) is 4.69. The van der Waals surface area contributed by atoms with Crippen molar-refractivity contribution in [2.45, 2.75) is 58.5 Å². The van der Waals surface area contributed by atoms with E-state index < -0.39 is 0 Å². The highest BCUT2D eigenvalue weighted by Gasteiger charge is 2.24. The van der Waals surface area contributed by atoms with Gasteiger partial charge in [0.15, 0.2) is 5.82 Å². The van der Waals surface area contributed by atoms with E-state index in [0.717, 1.165) is 18.4 Å². The smallest absolute Gasteiger partial charge is 0.332 e. The summed E-state index contributed by atoms with van der Waals surface area (Å²) in [6.45, 7) is 2.84. The summed E-state index contributed by atoms with van der Waals surface area (Å²) in [6, 6.07) is 9.90. The Morgan fingerprint density at radius 1 is 1.10 bits per heavy atom. The van der Waals surface area contributed by atoms with Crippen molar-refractivity contribution in [3.8, 4) is 0 Å². The van der Waals surface area contributed by atoms with E-state index in [9.17, 15) is 9.59 Å². The van der Waals surface area contributed by atoms with Gasteiger partial charge in [-0.1, -0.05) is 60.4 Å². The molecule has 8 nitrogen and oxygen atoms in total. The van der Waals surface area contributed by atoms with Crippen LogP contribution in [0.1, 0.15) is 49.0 Å². The first-order valence-corrected chi connectivity index (χ1v) is 10.9. The van der Waals surface area contributed by atoms with Crippen LogP contribution in [0.15, 0.2) is 49.4 Å². The van der Waals surface area contributed by atoms with Crippen molar-refractivity contribution in [1.29, 1.82) is 0 Å². The van der Waals surface area contributed by atoms with Gasteiger partial charge < -0.3 is 4.52 Å². The Kier molecular flexibility index (Phi) is 6.46. The standard InChI is InChI=1S/C22H24ClN5O3/c1-2-3-11-27-20-16(14-17(23)24-20)21(29)28(22(27)30)12-7-10-18-25-19(31-26-18)13-15-8-5-4-6-9-15/h4-6,8-9H,2-3,7,10-14H2,1H3. The Morgan fingerprint density at radius 3 is 2.65 bits per heavy atom. The average molecular weight is 442 g/mol. The molecule has 4 rings (SSSR count). The van der Waals surface area contributed by atoms with Gasteiger partial charge in [-0.25, -0.2) is 9.79 Å². The molecule has 162 valence electrons. The maximum Gasteiger partial charge on any atom is 0.332 e. The van der Waals surface area contributed by atoms with Gasteiger partial charge in [0.2, 0.25) is 5.89 Å². The van der Waals surface area contributed by atoms with Crippen molar-refractivity contribution >= 4 is 22.6 Å². The molecule has 0 spiro atoms. The molecule has 0 saturated heterocycles. The molecule has 3 heterocycles. The van der Waals surface area contributed by atoms with Crippen LogP contribution >= 0.6 is 11.6 Å². The van der Waals surface area contributed by atoms with Gasteiger partial charge in [-0.05, 0) is 18.4 Å². The second-order valence-electron chi connectivity index (χ2n) is 7.58. The molecule has 31 heavy (non-hydrogen) atoms. The Morgan fingerprint density at radius 2 is 1.87 bits per heavy atom. The molecule has 0 atom stereocenters. The number of aromatic nitrogens is 4. The van der Waals surface area contributed by atoms with Crippen molar-refractivity contribution in [2.24, 2.45) is 4.99 Å². The Hall–Kier alpha value is -3.00. The Balaban J connectivity index is 1.46. The minimum Gasteiger partial charge on any atom is -0.339 e. The highest BCUT2D eigenvalue weighted by atomic mass is 35.5. The zero-order valence-corrected chi connectivity index (χ0v) is 18.1. The second-order valence-corrected chi connectivity index (χ2v) is 8.02. The van der Waals surface area contributed by atoms with Crippen LogP contribution in [-0.4, -0.2) is 24.4 Å². The van der Waals surface area contributed by atoms with Gasteiger partial charge in [-0.2, -0.15) is 4.98 Å².